The number of sulfonamides is 1. The zero-order chi connectivity index (χ0) is 22.6. The van der Waals surface area contributed by atoms with Crippen molar-refractivity contribution >= 4 is 10.0 Å². The Kier molecular flexibility index (Phi) is 7.35. The van der Waals surface area contributed by atoms with Crippen molar-refractivity contribution in [3.05, 3.63) is 48.5 Å². The Hall–Kier alpha value is -2.13. The predicted molar refractivity (Wildman–Crippen MR) is 123 cm³/mol. The maximum atomic E-state index is 13.2. The monoisotopic (exact) mass is 460 g/mol. The van der Waals surface area contributed by atoms with E-state index in [0.29, 0.717) is 47.4 Å². The van der Waals surface area contributed by atoms with Gasteiger partial charge in [-0.15, -0.1) is 0 Å². The summed E-state index contributed by atoms with van der Waals surface area (Å²) >= 11 is 0. The summed E-state index contributed by atoms with van der Waals surface area (Å²) < 4.78 is 44.6. The number of likely N-dealkylation sites (tertiary alicyclic amines) is 1. The highest BCUT2D eigenvalue weighted by Crippen LogP contribution is 2.32. The number of hydrogen-bond donors (Lipinski definition) is 0. The molecule has 4 rings (SSSR count). The lowest BCUT2D eigenvalue weighted by molar-refractivity contribution is 0.0190. The van der Waals surface area contributed by atoms with Crippen LogP contribution in [0.2, 0.25) is 0 Å². The summed E-state index contributed by atoms with van der Waals surface area (Å²) in [5, 5.41) is 0. The standard InChI is InChI=1S/C24H32N2O5S/c1-29-20-13-15-25(16-14-20)19-11-17-26(18-12-19)32(27,28)22-9-7-21(8-10-22)31-24-6-4-3-5-23(24)30-2/h3-10,19-20H,11-18H2,1-2H3. The van der Waals surface area contributed by atoms with Gasteiger partial charge in [0.2, 0.25) is 10.0 Å². The Morgan fingerprint density at radius 2 is 1.44 bits per heavy atom. The zero-order valence-electron chi connectivity index (χ0n) is 18.8. The van der Waals surface area contributed by atoms with Crippen molar-refractivity contribution in [2.45, 2.75) is 42.7 Å². The minimum Gasteiger partial charge on any atom is -0.493 e. The van der Waals surface area contributed by atoms with Crippen molar-refractivity contribution < 1.29 is 22.6 Å². The van der Waals surface area contributed by atoms with Crippen LogP contribution in [0.1, 0.15) is 25.7 Å². The molecule has 2 aliphatic heterocycles. The first-order chi connectivity index (χ1) is 15.5. The SMILES string of the molecule is COc1ccccc1Oc1ccc(S(=O)(=O)N2CCC(N3CCC(OC)CC3)CC2)cc1. The molecule has 0 spiro atoms. The average Bonchev–Trinajstić information content (AvgIpc) is 2.85. The molecule has 0 unspecified atom stereocenters. The summed E-state index contributed by atoms with van der Waals surface area (Å²) in [6.07, 6.45) is 4.20. The lowest BCUT2D eigenvalue weighted by Crippen LogP contribution is -2.49. The van der Waals surface area contributed by atoms with E-state index >= 15 is 0 Å². The second-order valence-corrected chi connectivity index (χ2v) is 10.3. The van der Waals surface area contributed by atoms with E-state index in [1.807, 2.05) is 24.3 Å². The molecule has 8 heteroatoms. The summed E-state index contributed by atoms with van der Waals surface area (Å²) in [5.74, 6) is 1.77. The molecule has 7 nitrogen and oxygen atoms in total. The topological polar surface area (TPSA) is 68.3 Å². The maximum Gasteiger partial charge on any atom is 0.243 e. The summed E-state index contributed by atoms with van der Waals surface area (Å²) in [6, 6.07) is 14.4. The molecule has 2 aromatic carbocycles. The van der Waals surface area contributed by atoms with Crippen molar-refractivity contribution in [1.82, 2.24) is 9.21 Å². The number of benzene rings is 2. The molecule has 2 aromatic rings. The Balaban J connectivity index is 1.36. The molecule has 2 aliphatic rings. The predicted octanol–water partition coefficient (Wildman–Crippen LogP) is 3.75. The second-order valence-electron chi connectivity index (χ2n) is 8.33. The molecule has 0 radical (unpaired) electrons. The van der Waals surface area contributed by atoms with Crippen LogP contribution in [0.15, 0.2) is 53.4 Å². The van der Waals surface area contributed by atoms with Crippen molar-refractivity contribution in [3.8, 4) is 17.2 Å². The highest BCUT2D eigenvalue weighted by Gasteiger charge is 2.33. The number of methoxy groups -OCH3 is 2. The molecular formula is C24H32N2O5S. The van der Waals surface area contributed by atoms with E-state index in [4.69, 9.17) is 14.2 Å². The Morgan fingerprint density at radius 1 is 0.812 bits per heavy atom. The van der Waals surface area contributed by atoms with Gasteiger partial charge in [-0.3, -0.25) is 0 Å². The molecule has 0 saturated carbocycles. The van der Waals surface area contributed by atoms with Crippen LogP contribution in [-0.2, 0) is 14.8 Å². The smallest absolute Gasteiger partial charge is 0.243 e. The van der Waals surface area contributed by atoms with Gasteiger partial charge < -0.3 is 19.1 Å². The van der Waals surface area contributed by atoms with Gasteiger partial charge >= 0.3 is 0 Å². The fourth-order valence-electron chi connectivity index (χ4n) is 4.58. The van der Waals surface area contributed by atoms with E-state index in [-0.39, 0.29) is 0 Å². The minimum atomic E-state index is -3.52. The second kappa shape index (κ2) is 10.2. The van der Waals surface area contributed by atoms with Gasteiger partial charge in [-0.1, -0.05) is 12.1 Å². The fraction of sp³-hybridized carbons (Fsp3) is 0.500. The highest BCUT2D eigenvalue weighted by atomic mass is 32.2. The number of ether oxygens (including phenoxy) is 3. The van der Waals surface area contributed by atoms with E-state index in [2.05, 4.69) is 4.90 Å². The first-order valence-corrected chi connectivity index (χ1v) is 12.6. The Labute approximate surface area is 190 Å². The minimum absolute atomic E-state index is 0.296. The third-order valence-corrected chi connectivity index (χ3v) is 8.42. The molecule has 174 valence electrons. The van der Waals surface area contributed by atoms with Crippen LogP contribution in [0.3, 0.4) is 0 Å². The van der Waals surface area contributed by atoms with Crippen molar-refractivity contribution in [2.75, 3.05) is 40.4 Å². The summed E-state index contributed by atoms with van der Waals surface area (Å²) in [7, 11) is -0.152. The van der Waals surface area contributed by atoms with E-state index in [1.165, 1.54) is 0 Å². The molecule has 0 bridgehead atoms. The first kappa shape index (κ1) is 23.0. The van der Waals surface area contributed by atoms with Crippen LogP contribution in [0.25, 0.3) is 0 Å². The molecule has 2 heterocycles. The van der Waals surface area contributed by atoms with Crippen molar-refractivity contribution in [2.24, 2.45) is 0 Å². The highest BCUT2D eigenvalue weighted by molar-refractivity contribution is 7.89. The van der Waals surface area contributed by atoms with Crippen molar-refractivity contribution in [1.29, 1.82) is 0 Å². The molecule has 0 amide bonds. The molecule has 32 heavy (non-hydrogen) atoms. The molecule has 0 aromatic heterocycles. The summed E-state index contributed by atoms with van der Waals surface area (Å²) in [4.78, 5) is 2.80. The van der Waals surface area contributed by atoms with Crippen LogP contribution in [0.4, 0.5) is 0 Å². The molecule has 0 aliphatic carbocycles. The Morgan fingerprint density at radius 3 is 2.03 bits per heavy atom. The van der Waals surface area contributed by atoms with Gasteiger partial charge in [0.1, 0.15) is 5.75 Å². The lowest BCUT2D eigenvalue weighted by Gasteiger charge is -2.41. The molecular weight excluding hydrogens is 428 g/mol. The maximum absolute atomic E-state index is 13.2. The number of para-hydroxylation sites is 2. The molecule has 2 fully saturated rings. The van der Waals surface area contributed by atoms with Crippen LogP contribution in [0.5, 0.6) is 17.2 Å². The van der Waals surface area contributed by atoms with E-state index in [9.17, 15) is 8.42 Å². The van der Waals surface area contributed by atoms with Gasteiger partial charge in [0.25, 0.3) is 0 Å². The quantitative estimate of drug-likeness (QED) is 0.627. The molecule has 2 saturated heterocycles. The van der Waals surface area contributed by atoms with Gasteiger partial charge in [0.15, 0.2) is 11.5 Å². The van der Waals surface area contributed by atoms with Gasteiger partial charge in [0.05, 0.1) is 18.1 Å². The molecule has 0 atom stereocenters. The van der Waals surface area contributed by atoms with Crippen LogP contribution < -0.4 is 9.47 Å². The molecule has 0 N–H and O–H groups in total. The largest absolute Gasteiger partial charge is 0.493 e. The van der Waals surface area contributed by atoms with Crippen LogP contribution in [0, 0.1) is 0 Å². The number of hydrogen-bond acceptors (Lipinski definition) is 6. The van der Waals surface area contributed by atoms with Crippen LogP contribution in [-0.4, -0.2) is 70.2 Å². The van der Waals surface area contributed by atoms with E-state index in [0.717, 1.165) is 38.8 Å². The average molecular weight is 461 g/mol. The third kappa shape index (κ3) is 5.09. The Bertz CT molecular complexity index is 980. The summed E-state index contributed by atoms with van der Waals surface area (Å²) in [5.41, 5.74) is 0. The zero-order valence-corrected chi connectivity index (χ0v) is 19.6. The number of rotatable bonds is 7. The van der Waals surface area contributed by atoms with Gasteiger partial charge in [-0.2, -0.15) is 4.31 Å². The van der Waals surface area contributed by atoms with Gasteiger partial charge in [-0.25, -0.2) is 8.42 Å². The number of piperidine rings is 2. The normalized spacial score (nSPS) is 19.7. The van der Waals surface area contributed by atoms with Gasteiger partial charge in [-0.05, 0) is 62.1 Å². The van der Waals surface area contributed by atoms with Gasteiger partial charge in [0, 0.05) is 39.3 Å². The first-order valence-electron chi connectivity index (χ1n) is 11.2. The summed E-state index contributed by atoms with van der Waals surface area (Å²) in [6.45, 7) is 3.17. The number of nitrogens with zero attached hydrogens (tertiary/aromatic N) is 2. The third-order valence-electron chi connectivity index (χ3n) is 6.51. The van der Waals surface area contributed by atoms with E-state index < -0.39 is 10.0 Å². The fourth-order valence-corrected chi connectivity index (χ4v) is 6.05. The lowest BCUT2D eigenvalue weighted by atomic mass is 10.00. The van der Waals surface area contributed by atoms with Crippen LogP contribution >= 0.6 is 0 Å². The van der Waals surface area contributed by atoms with E-state index in [1.54, 1.807) is 42.8 Å². The van der Waals surface area contributed by atoms with Crippen molar-refractivity contribution in [3.63, 3.8) is 0 Å².